The molecule has 2 aliphatic rings. The summed E-state index contributed by atoms with van der Waals surface area (Å²) in [4.78, 5) is 0. The molecule has 4 heteroatoms. The predicted octanol–water partition coefficient (Wildman–Crippen LogP) is 5.01. The van der Waals surface area contributed by atoms with Crippen LogP contribution in [0, 0.1) is 5.92 Å². The van der Waals surface area contributed by atoms with Crippen LogP contribution in [0.1, 0.15) is 30.9 Å². The van der Waals surface area contributed by atoms with Crippen molar-refractivity contribution in [1.82, 2.24) is 0 Å². The van der Waals surface area contributed by atoms with Gasteiger partial charge in [0.2, 0.25) is 0 Å². The molecule has 0 radical (unpaired) electrons. The van der Waals surface area contributed by atoms with E-state index in [1.807, 2.05) is 18.2 Å². The van der Waals surface area contributed by atoms with Crippen molar-refractivity contribution in [3.63, 3.8) is 0 Å². The summed E-state index contributed by atoms with van der Waals surface area (Å²) in [6.07, 6.45) is 2.17. The Labute approximate surface area is 134 Å². The van der Waals surface area contributed by atoms with E-state index in [1.165, 1.54) is 11.1 Å². The molecule has 23 heavy (non-hydrogen) atoms. The lowest BCUT2D eigenvalue weighted by molar-refractivity contribution is -0.211. The molecule has 0 bridgehead atoms. The van der Waals surface area contributed by atoms with Crippen molar-refractivity contribution in [2.75, 3.05) is 0 Å². The van der Waals surface area contributed by atoms with Crippen molar-refractivity contribution in [2.24, 2.45) is 5.92 Å². The standard InChI is InChI=1S/C19H21F3O/c1-2-13-3-5-14(6-4-13)7-8-15-9-10-16-12-18(19(20,21)22)23-17(16)11-15/h3-6,9-11,16-18H,2,7-8,12H2,1H3. The maximum absolute atomic E-state index is 12.8. The topological polar surface area (TPSA) is 9.23 Å². The highest BCUT2D eigenvalue weighted by molar-refractivity contribution is 5.30. The van der Waals surface area contributed by atoms with Crippen molar-refractivity contribution in [3.05, 3.63) is 59.2 Å². The van der Waals surface area contributed by atoms with Gasteiger partial charge in [0.1, 0.15) is 0 Å². The van der Waals surface area contributed by atoms with E-state index in [2.05, 4.69) is 31.2 Å². The SMILES string of the molecule is CCc1ccc(CCC2=CC3OC(C(F)(F)F)CC3C=C2)cc1. The lowest BCUT2D eigenvalue weighted by atomic mass is 9.90. The number of halogens is 3. The zero-order valence-corrected chi connectivity index (χ0v) is 13.1. The fourth-order valence-electron chi connectivity index (χ4n) is 3.20. The maximum atomic E-state index is 12.8. The molecule has 0 spiro atoms. The van der Waals surface area contributed by atoms with E-state index in [0.717, 1.165) is 24.8 Å². The minimum atomic E-state index is -4.26. The summed E-state index contributed by atoms with van der Waals surface area (Å²) in [5.74, 6) is -0.144. The second-order valence-electron chi connectivity index (χ2n) is 6.30. The molecule has 1 aliphatic carbocycles. The van der Waals surface area contributed by atoms with Crippen LogP contribution in [0.5, 0.6) is 0 Å². The average molecular weight is 322 g/mol. The number of benzene rings is 1. The molecule has 1 fully saturated rings. The molecule has 3 atom stereocenters. The molecule has 0 aromatic heterocycles. The second-order valence-corrected chi connectivity index (χ2v) is 6.30. The summed E-state index contributed by atoms with van der Waals surface area (Å²) in [7, 11) is 0. The second kappa shape index (κ2) is 6.52. The minimum absolute atomic E-state index is 0.0346. The summed E-state index contributed by atoms with van der Waals surface area (Å²) in [5, 5.41) is 0. The van der Waals surface area contributed by atoms with E-state index in [-0.39, 0.29) is 12.3 Å². The molecule has 124 valence electrons. The zero-order chi connectivity index (χ0) is 16.4. The first-order chi connectivity index (χ1) is 11.0. The Bertz CT molecular complexity index is 598. The molecular weight excluding hydrogens is 301 g/mol. The van der Waals surface area contributed by atoms with Crippen molar-refractivity contribution in [3.8, 4) is 0 Å². The van der Waals surface area contributed by atoms with Crippen LogP contribution >= 0.6 is 0 Å². The molecule has 1 aromatic carbocycles. The molecule has 1 saturated heterocycles. The van der Waals surface area contributed by atoms with Gasteiger partial charge in [-0.1, -0.05) is 49.4 Å². The van der Waals surface area contributed by atoms with Crippen LogP contribution in [0.25, 0.3) is 0 Å². The van der Waals surface area contributed by atoms with Gasteiger partial charge in [-0.05, 0) is 42.4 Å². The lowest BCUT2D eigenvalue weighted by Crippen LogP contribution is -2.28. The highest BCUT2D eigenvalue weighted by atomic mass is 19.4. The Morgan fingerprint density at radius 1 is 1.09 bits per heavy atom. The van der Waals surface area contributed by atoms with Gasteiger partial charge < -0.3 is 4.74 Å². The lowest BCUT2D eigenvalue weighted by Gasteiger charge is -2.18. The van der Waals surface area contributed by atoms with E-state index in [9.17, 15) is 13.2 Å². The average Bonchev–Trinajstić information content (AvgIpc) is 2.97. The fourth-order valence-corrected chi connectivity index (χ4v) is 3.20. The molecule has 1 aliphatic heterocycles. The zero-order valence-electron chi connectivity index (χ0n) is 13.1. The third-order valence-corrected chi connectivity index (χ3v) is 4.66. The van der Waals surface area contributed by atoms with Crippen LogP contribution in [0.15, 0.2) is 48.1 Å². The van der Waals surface area contributed by atoms with Crippen LogP contribution in [0.3, 0.4) is 0 Å². The van der Waals surface area contributed by atoms with Gasteiger partial charge in [-0.15, -0.1) is 0 Å². The number of aryl methyl sites for hydroxylation is 2. The molecule has 1 aromatic rings. The number of hydrogen-bond donors (Lipinski definition) is 0. The third-order valence-electron chi connectivity index (χ3n) is 4.66. The highest BCUT2D eigenvalue weighted by Crippen LogP contribution is 2.40. The Kier molecular flexibility index (Phi) is 4.62. The number of hydrogen-bond acceptors (Lipinski definition) is 1. The van der Waals surface area contributed by atoms with E-state index in [1.54, 1.807) is 0 Å². The maximum Gasteiger partial charge on any atom is 0.414 e. The molecule has 3 rings (SSSR count). The number of fused-ring (bicyclic) bond motifs is 1. The summed E-state index contributed by atoms with van der Waals surface area (Å²) >= 11 is 0. The Hall–Kier alpha value is -1.55. The van der Waals surface area contributed by atoms with Crippen molar-refractivity contribution in [2.45, 2.75) is 51.0 Å². The Balaban J connectivity index is 1.58. The van der Waals surface area contributed by atoms with Crippen LogP contribution in [-0.4, -0.2) is 18.4 Å². The molecule has 1 nitrogen and oxygen atoms in total. The van der Waals surface area contributed by atoms with E-state index < -0.39 is 18.4 Å². The van der Waals surface area contributed by atoms with Gasteiger partial charge in [-0.3, -0.25) is 0 Å². The first-order valence-electron chi connectivity index (χ1n) is 8.14. The van der Waals surface area contributed by atoms with Crippen molar-refractivity contribution >= 4 is 0 Å². The van der Waals surface area contributed by atoms with Crippen molar-refractivity contribution < 1.29 is 17.9 Å². The smallest absolute Gasteiger partial charge is 0.361 e. The van der Waals surface area contributed by atoms with Gasteiger partial charge in [-0.25, -0.2) is 0 Å². The summed E-state index contributed by atoms with van der Waals surface area (Å²) < 4.78 is 43.5. The van der Waals surface area contributed by atoms with Gasteiger partial charge in [0.25, 0.3) is 0 Å². The van der Waals surface area contributed by atoms with Crippen LogP contribution < -0.4 is 0 Å². The number of alkyl halides is 3. The summed E-state index contributed by atoms with van der Waals surface area (Å²) in [5.41, 5.74) is 3.62. The minimum Gasteiger partial charge on any atom is -0.361 e. The fraction of sp³-hybridized carbons (Fsp3) is 0.474. The molecular formula is C19H21F3O. The quantitative estimate of drug-likeness (QED) is 0.757. The van der Waals surface area contributed by atoms with Gasteiger partial charge in [0, 0.05) is 5.92 Å². The summed E-state index contributed by atoms with van der Waals surface area (Å²) in [6.45, 7) is 2.12. The van der Waals surface area contributed by atoms with E-state index in [4.69, 9.17) is 4.74 Å². The predicted molar refractivity (Wildman–Crippen MR) is 84.2 cm³/mol. The first kappa shape index (κ1) is 16.3. The van der Waals surface area contributed by atoms with E-state index in [0.29, 0.717) is 0 Å². The Morgan fingerprint density at radius 3 is 2.43 bits per heavy atom. The molecule has 1 heterocycles. The van der Waals surface area contributed by atoms with Gasteiger partial charge in [0.05, 0.1) is 6.10 Å². The van der Waals surface area contributed by atoms with Crippen LogP contribution in [-0.2, 0) is 17.6 Å². The normalized spacial score (nSPS) is 27.0. The largest absolute Gasteiger partial charge is 0.414 e. The van der Waals surface area contributed by atoms with Gasteiger partial charge in [-0.2, -0.15) is 13.2 Å². The molecule has 3 unspecified atom stereocenters. The molecule has 0 N–H and O–H groups in total. The van der Waals surface area contributed by atoms with Gasteiger partial charge >= 0.3 is 6.18 Å². The Morgan fingerprint density at radius 2 is 1.78 bits per heavy atom. The first-order valence-corrected chi connectivity index (χ1v) is 8.14. The van der Waals surface area contributed by atoms with Crippen LogP contribution in [0.2, 0.25) is 0 Å². The molecule has 0 amide bonds. The van der Waals surface area contributed by atoms with Crippen molar-refractivity contribution in [1.29, 1.82) is 0 Å². The number of ether oxygens (including phenoxy) is 1. The van der Waals surface area contributed by atoms with E-state index >= 15 is 0 Å². The third kappa shape index (κ3) is 3.86. The monoisotopic (exact) mass is 322 g/mol. The number of allylic oxidation sites excluding steroid dienone is 2. The molecule has 0 saturated carbocycles. The number of rotatable bonds is 4. The summed E-state index contributed by atoms with van der Waals surface area (Å²) in [6, 6.07) is 8.51. The van der Waals surface area contributed by atoms with Crippen LogP contribution in [0.4, 0.5) is 13.2 Å². The van der Waals surface area contributed by atoms with Gasteiger partial charge in [0.15, 0.2) is 6.10 Å². The highest BCUT2D eigenvalue weighted by Gasteiger charge is 2.48.